The fraction of sp³-hybridized carbons (Fsp3) is 0.448. The molecule has 38 heavy (non-hydrogen) atoms. The second-order valence-electron chi connectivity index (χ2n) is 10.6. The lowest BCUT2D eigenvalue weighted by Crippen LogP contribution is -2.51. The van der Waals surface area contributed by atoms with Crippen LogP contribution in [0.4, 0.5) is 10.5 Å². The lowest BCUT2D eigenvalue weighted by molar-refractivity contribution is -0.132. The van der Waals surface area contributed by atoms with Gasteiger partial charge in [0.05, 0.1) is 17.8 Å². The molecule has 2 aromatic rings. The summed E-state index contributed by atoms with van der Waals surface area (Å²) in [6.45, 7) is 10.8. The molecule has 0 saturated carbocycles. The monoisotopic (exact) mass is 560 g/mol. The molecule has 9 heteroatoms. The number of benzene rings is 2. The summed E-state index contributed by atoms with van der Waals surface area (Å²) in [5, 5.41) is 3.79. The van der Waals surface area contributed by atoms with Gasteiger partial charge in [0.1, 0.15) is 5.75 Å². The predicted molar refractivity (Wildman–Crippen MR) is 156 cm³/mol. The predicted octanol–water partition coefficient (Wildman–Crippen LogP) is 6.13. The van der Waals surface area contributed by atoms with Gasteiger partial charge in [0.2, 0.25) is 5.91 Å². The first-order chi connectivity index (χ1) is 18.1. The quantitative estimate of drug-likeness (QED) is 0.400. The van der Waals surface area contributed by atoms with E-state index in [4.69, 9.17) is 27.9 Å². The van der Waals surface area contributed by atoms with Gasteiger partial charge in [-0.25, -0.2) is 4.79 Å². The number of anilines is 1. The molecule has 1 N–H and O–H groups in total. The van der Waals surface area contributed by atoms with Crippen molar-refractivity contribution in [3.05, 3.63) is 64.1 Å². The average Bonchev–Trinajstić information content (AvgIpc) is 2.87. The molecule has 1 saturated heterocycles. The first-order valence-corrected chi connectivity index (χ1v) is 13.6. The highest BCUT2D eigenvalue weighted by molar-refractivity contribution is 6.36. The smallest absolute Gasteiger partial charge is 0.321 e. The molecule has 1 fully saturated rings. The van der Waals surface area contributed by atoms with Crippen LogP contribution in [0.15, 0.2) is 48.5 Å². The standard InChI is InChI=1S/C29H38Cl2N4O3/c1-29(2,3)21-27(36)34(13-7-9-22-8-5-6-10-26(22)38-4)17-14-33-15-18-35(19-16-33)28(37)32-25-12-11-23(30)20-24(25)31/h5-12,20H,13-19,21H2,1-4H3,(H,32,37)/b9-7+. The SMILES string of the molecule is COc1ccccc1/C=C/CN(CCN1CCN(C(=O)Nc2ccc(Cl)cc2Cl)CC1)C(=O)CC(C)(C)C. The normalized spacial score (nSPS) is 14.5. The number of hydrogen-bond donors (Lipinski definition) is 1. The van der Waals surface area contributed by atoms with E-state index in [0.717, 1.165) is 30.9 Å². The molecule has 1 heterocycles. The van der Waals surface area contributed by atoms with Crippen molar-refractivity contribution in [2.24, 2.45) is 5.41 Å². The molecule has 0 aromatic heterocycles. The van der Waals surface area contributed by atoms with E-state index in [1.165, 1.54) is 0 Å². The molecule has 0 bridgehead atoms. The second-order valence-corrected chi connectivity index (χ2v) is 11.4. The van der Waals surface area contributed by atoms with Crippen molar-refractivity contribution >= 4 is 46.9 Å². The number of methoxy groups -OCH3 is 1. The molecule has 7 nitrogen and oxygen atoms in total. The minimum atomic E-state index is -0.183. The van der Waals surface area contributed by atoms with E-state index in [-0.39, 0.29) is 17.4 Å². The molecule has 3 amide bonds. The minimum Gasteiger partial charge on any atom is -0.496 e. The van der Waals surface area contributed by atoms with Crippen molar-refractivity contribution in [1.29, 1.82) is 0 Å². The largest absolute Gasteiger partial charge is 0.496 e. The third-order valence-electron chi connectivity index (χ3n) is 6.31. The summed E-state index contributed by atoms with van der Waals surface area (Å²) >= 11 is 12.1. The van der Waals surface area contributed by atoms with Crippen LogP contribution in [0.1, 0.15) is 32.8 Å². The van der Waals surface area contributed by atoms with Crippen LogP contribution in [0.25, 0.3) is 6.08 Å². The number of amides is 3. The van der Waals surface area contributed by atoms with Crippen LogP contribution >= 0.6 is 23.2 Å². The maximum absolute atomic E-state index is 13.1. The van der Waals surface area contributed by atoms with E-state index in [1.54, 1.807) is 30.2 Å². The highest BCUT2D eigenvalue weighted by Crippen LogP contribution is 2.26. The number of halogens is 2. The third kappa shape index (κ3) is 9.22. The van der Waals surface area contributed by atoms with Crippen LogP contribution in [0.3, 0.4) is 0 Å². The third-order valence-corrected chi connectivity index (χ3v) is 6.86. The molecule has 2 aromatic carbocycles. The molecule has 0 unspecified atom stereocenters. The van der Waals surface area contributed by atoms with Gasteiger partial charge in [-0.15, -0.1) is 0 Å². The summed E-state index contributed by atoms with van der Waals surface area (Å²) in [6, 6.07) is 12.6. The summed E-state index contributed by atoms with van der Waals surface area (Å²) in [5.41, 5.74) is 1.43. The van der Waals surface area contributed by atoms with Crippen molar-refractivity contribution in [1.82, 2.24) is 14.7 Å². The zero-order valence-corrected chi connectivity index (χ0v) is 24.2. The summed E-state index contributed by atoms with van der Waals surface area (Å²) in [4.78, 5) is 31.8. The number of nitrogens with one attached hydrogen (secondary N) is 1. The van der Waals surface area contributed by atoms with Crippen molar-refractivity contribution in [2.75, 3.05) is 58.2 Å². The van der Waals surface area contributed by atoms with Crippen molar-refractivity contribution in [3.8, 4) is 5.75 Å². The van der Waals surface area contributed by atoms with Gasteiger partial charge < -0.3 is 19.9 Å². The average molecular weight is 562 g/mol. The maximum atomic E-state index is 13.1. The lowest BCUT2D eigenvalue weighted by Gasteiger charge is -2.36. The zero-order chi connectivity index (χ0) is 27.7. The number of urea groups is 1. The van der Waals surface area contributed by atoms with Crippen LogP contribution in [-0.4, -0.2) is 79.6 Å². The fourth-order valence-electron chi connectivity index (χ4n) is 4.22. The Morgan fingerprint density at radius 3 is 2.45 bits per heavy atom. The van der Waals surface area contributed by atoms with E-state index in [1.807, 2.05) is 41.3 Å². The Morgan fingerprint density at radius 1 is 1.08 bits per heavy atom. The number of para-hydroxylation sites is 1. The molecular formula is C29H38Cl2N4O3. The molecule has 1 aliphatic rings. The maximum Gasteiger partial charge on any atom is 0.321 e. The molecule has 0 radical (unpaired) electrons. The molecule has 0 atom stereocenters. The molecular weight excluding hydrogens is 523 g/mol. The van der Waals surface area contributed by atoms with Gasteiger partial charge in [0.15, 0.2) is 0 Å². The Labute approximate surface area is 236 Å². The van der Waals surface area contributed by atoms with E-state index < -0.39 is 0 Å². The van der Waals surface area contributed by atoms with E-state index in [2.05, 4.69) is 31.0 Å². The van der Waals surface area contributed by atoms with Gasteiger partial charge in [-0.1, -0.05) is 74.3 Å². The van der Waals surface area contributed by atoms with E-state index in [9.17, 15) is 9.59 Å². The second kappa shape index (κ2) is 13.9. The first-order valence-electron chi connectivity index (χ1n) is 12.9. The molecule has 206 valence electrons. The zero-order valence-electron chi connectivity index (χ0n) is 22.7. The first kappa shape index (κ1) is 29.8. The van der Waals surface area contributed by atoms with Crippen LogP contribution < -0.4 is 10.1 Å². The number of hydrogen-bond acceptors (Lipinski definition) is 4. The number of piperazine rings is 1. The summed E-state index contributed by atoms with van der Waals surface area (Å²) in [7, 11) is 1.65. The van der Waals surface area contributed by atoms with Crippen LogP contribution in [0.2, 0.25) is 10.0 Å². The van der Waals surface area contributed by atoms with Crippen LogP contribution in [0, 0.1) is 5.41 Å². The van der Waals surface area contributed by atoms with Gasteiger partial charge in [0, 0.05) is 62.8 Å². The summed E-state index contributed by atoms with van der Waals surface area (Å²) in [6.07, 6.45) is 4.50. The number of rotatable bonds is 9. The number of carbonyl (C=O) groups excluding carboxylic acids is 2. The molecule has 3 rings (SSSR count). The Morgan fingerprint density at radius 2 is 1.79 bits per heavy atom. The molecule has 0 spiro atoms. The summed E-state index contributed by atoms with van der Waals surface area (Å²) in [5.74, 6) is 0.941. The van der Waals surface area contributed by atoms with Gasteiger partial charge in [-0.05, 0) is 29.7 Å². The Bertz CT molecular complexity index is 1130. The van der Waals surface area contributed by atoms with Crippen LogP contribution in [-0.2, 0) is 4.79 Å². The molecule has 0 aliphatic carbocycles. The Hall–Kier alpha value is -2.74. The molecule has 1 aliphatic heterocycles. The summed E-state index contributed by atoms with van der Waals surface area (Å²) < 4.78 is 5.43. The number of ether oxygens (including phenoxy) is 1. The topological polar surface area (TPSA) is 65.1 Å². The highest BCUT2D eigenvalue weighted by Gasteiger charge is 2.24. The highest BCUT2D eigenvalue weighted by atomic mass is 35.5. The Balaban J connectivity index is 1.54. The van der Waals surface area contributed by atoms with Crippen molar-refractivity contribution in [2.45, 2.75) is 27.2 Å². The van der Waals surface area contributed by atoms with Crippen LogP contribution in [0.5, 0.6) is 5.75 Å². The number of nitrogens with zero attached hydrogens (tertiary/aromatic N) is 3. The lowest BCUT2D eigenvalue weighted by atomic mass is 9.91. The van der Waals surface area contributed by atoms with Gasteiger partial charge in [-0.2, -0.15) is 0 Å². The van der Waals surface area contributed by atoms with E-state index >= 15 is 0 Å². The van der Waals surface area contributed by atoms with Crippen molar-refractivity contribution in [3.63, 3.8) is 0 Å². The Kier molecular flexibility index (Phi) is 10.9. The fourth-order valence-corrected chi connectivity index (χ4v) is 4.67. The van der Waals surface area contributed by atoms with Crippen molar-refractivity contribution < 1.29 is 14.3 Å². The number of carbonyl (C=O) groups is 2. The van der Waals surface area contributed by atoms with Gasteiger partial charge in [0.25, 0.3) is 0 Å². The van der Waals surface area contributed by atoms with Gasteiger partial charge in [-0.3, -0.25) is 9.69 Å². The van der Waals surface area contributed by atoms with E-state index in [0.29, 0.717) is 48.3 Å². The minimum absolute atomic E-state index is 0.0896. The van der Waals surface area contributed by atoms with Gasteiger partial charge >= 0.3 is 6.03 Å².